The van der Waals surface area contributed by atoms with E-state index in [0.717, 1.165) is 60.9 Å². The SMILES string of the molecule is CC.CC.CCC(C)n1ncn(-c2ccc(N3CCN(c4ccc(OCC5CO[C@](CC)(c6ccc(C)cc6Cl)O5)cc4)CC3)cc2)c1=O. The molecule has 6 rings (SSSR count). The first-order chi connectivity index (χ1) is 23.8. The van der Waals surface area contributed by atoms with E-state index in [1.54, 1.807) is 15.6 Å². The lowest BCUT2D eigenvalue weighted by Crippen LogP contribution is -2.46. The summed E-state index contributed by atoms with van der Waals surface area (Å²) in [7, 11) is 0. The molecule has 3 aromatic carbocycles. The number of halogens is 1. The predicted molar refractivity (Wildman–Crippen MR) is 201 cm³/mol. The largest absolute Gasteiger partial charge is 0.491 e. The maximum Gasteiger partial charge on any atom is 0.350 e. The third-order valence-corrected chi connectivity index (χ3v) is 9.28. The molecule has 2 fully saturated rings. The maximum atomic E-state index is 12.8. The van der Waals surface area contributed by atoms with Gasteiger partial charge in [0.2, 0.25) is 0 Å². The number of aryl methyl sites for hydroxylation is 1. The van der Waals surface area contributed by atoms with E-state index < -0.39 is 5.79 Å². The summed E-state index contributed by atoms with van der Waals surface area (Å²) in [6.45, 7) is 20.6. The van der Waals surface area contributed by atoms with E-state index in [1.165, 1.54) is 5.69 Å². The number of hydrogen-bond acceptors (Lipinski definition) is 7. The molecular weight excluding hydrogens is 638 g/mol. The van der Waals surface area contributed by atoms with Crippen LogP contribution in [0.5, 0.6) is 5.75 Å². The molecule has 3 heterocycles. The molecule has 0 saturated carbocycles. The second-order valence-electron chi connectivity index (χ2n) is 11.9. The minimum atomic E-state index is -0.844. The van der Waals surface area contributed by atoms with Crippen LogP contribution in [-0.2, 0) is 15.3 Å². The van der Waals surface area contributed by atoms with Crippen molar-refractivity contribution in [2.24, 2.45) is 0 Å². The normalized spacial score (nSPS) is 19.4. The molecule has 1 aromatic heterocycles. The van der Waals surface area contributed by atoms with Crippen LogP contribution in [0.3, 0.4) is 0 Å². The van der Waals surface area contributed by atoms with Crippen LogP contribution in [0.4, 0.5) is 11.4 Å². The van der Waals surface area contributed by atoms with Crippen LogP contribution in [0, 0.1) is 6.92 Å². The van der Waals surface area contributed by atoms with Gasteiger partial charge in [-0.15, -0.1) is 0 Å². The summed E-state index contributed by atoms with van der Waals surface area (Å²) in [5, 5.41) is 4.96. The molecule has 9 nitrogen and oxygen atoms in total. The highest BCUT2D eigenvalue weighted by atomic mass is 35.5. The van der Waals surface area contributed by atoms with Crippen molar-refractivity contribution in [1.29, 1.82) is 0 Å². The number of benzene rings is 3. The van der Waals surface area contributed by atoms with Gasteiger partial charge in [-0.25, -0.2) is 14.0 Å². The van der Waals surface area contributed by atoms with Crippen molar-refractivity contribution in [3.05, 3.63) is 99.7 Å². The standard InChI is InChI=1S/C35H42ClN5O4.2C2H6/c1-5-26(4)41-34(42)40(24-37-41)29-10-8-27(9-11-29)38-17-19-39(20-18-38)28-12-14-30(15-13-28)43-22-31-23-44-35(6-2,45-31)32-16-7-25(3)21-33(32)36;2*1-2/h7-16,21,24,26,31H,5-6,17-20,22-23H2,1-4H3;2*1-2H3/t26?,31?,35-;;/m0../s1. The predicted octanol–water partition coefficient (Wildman–Crippen LogP) is 8.40. The molecule has 0 radical (unpaired) electrons. The van der Waals surface area contributed by atoms with E-state index in [-0.39, 0.29) is 17.8 Å². The van der Waals surface area contributed by atoms with E-state index in [4.69, 9.17) is 25.8 Å². The zero-order valence-corrected chi connectivity index (χ0v) is 31.2. The number of aromatic nitrogens is 3. The number of anilines is 2. The number of piperazine rings is 1. The number of nitrogens with zero attached hydrogens (tertiary/aromatic N) is 5. The van der Waals surface area contributed by atoms with Crippen molar-refractivity contribution >= 4 is 23.0 Å². The summed E-state index contributed by atoms with van der Waals surface area (Å²) in [6, 6.07) is 22.5. The molecule has 49 heavy (non-hydrogen) atoms. The lowest BCUT2D eigenvalue weighted by Gasteiger charge is -2.37. The van der Waals surface area contributed by atoms with E-state index in [9.17, 15) is 4.79 Å². The van der Waals surface area contributed by atoms with Gasteiger partial charge in [-0.2, -0.15) is 5.10 Å². The van der Waals surface area contributed by atoms with Gasteiger partial charge in [-0.1, -0.05) is 65.3 Å². The van der Waals surface area contributed by atoms with E-state index in [0.29, 0.717) is 24.7 Å². The molecule has 2 unspecified atom stereocenters. The third-order valence-electron chi connectivity index (χ3n) is 8.97. The van der Waals surface area contributed by atoms with Gasteiger partial charge in [0.25, 0.3) is 0 Å². The zero-order valence-electron chi connectivity index (χ0n) is 30.5. The second kappa shape index (κ2) is 17.7. The first-order valence-corrected chi connectivity index (χ1v) is 18.3. The number of hydrogen-bond donors (Lipinski definition) is 0. The molecule has 2 aliphatic rings. The summed E-state index contributed by atoms with van der Waals surface area (Å²) >= 11 is 6.55. The van der Waals surface area contributed by atoms with Gasteiger partial charge in [0, 0.05) is 54.6 Å². The van der Waals surface area contributed by atoms with E-state index in [2.05, 4.69) is 46.1 Å². The molecule has 4 aromatic rings. The molecule has 0 aliphatic carbocycles. The number of ether oxygens (including phenoxy) is 3. The van der Waals surface area contributed by atoms with E-state index >= 15 is 0 Å². The fourth-order valence-electron chi connectivity index (χ4n) is 6.05. The minimum Gasteiger partial charge on any atom is -0.491 e. The Morgan fingerprint density at radius 3 is 2.02 bits per heavy atom. The molecule has 0 N–H and O–H groups in total. The van der Waals surface area contributed by atoms with Crippen molar-refractivity contribution in [1.82, 2.24) is 14.3 Å². The summed E-state index contributed by atoms with van der Waals surface area (Å²) in [4.78, 5) is 17.5. The van der Waals surface area contributed by atoms with Crippen molar-refractivity contribution in [2.45, 2.75) is 86.2 Å². The molecule has 2 saturated heterocycles. The van der Waals surface area contributed by atoms with Crippen LogP contribution in [0.2, 0.25) is 5.02 Å². The lowest BCUT2D eigenvalue weighted by molar-refractivity contribution is -0.181. The Balaban J connectivity index is 0.00000130. The van der Waals surface area contributed by atoms with Gasteiger partial charge in [-0.05, 0) is 80.4 Å². The molecule has 266 valence electrons. The van der Waals surface area contributed by atoms with Gasteiger partial charge in [0.15, 0.2) is 5.79 Å². The highest BCUT2D eigenvalue weighted by Gasteiger charge is 2.43. The average molecular weight is 692 g/mol. The Morgan fingerprint density at radius 1 is 0.898 bits per heavy atom. The highest BCUT2D eigenvalue weighted by molar-refractivity contribution is 6.31. The maximum absolute atomic E-state index is 12.8. The Kier molecular flexibility index (Phi) is 13.8. The van der Waals surface area contributed by atoms with Crippen LogP contribution in [-0.4, -0.2) is 59.8 Å². The molecule has 0 spiro atoms. The monoisotopic (exact) mass is 691 g/mol. The smallest absolute Gasteiger partial charge is 0.350 e. The first kappa shape index (κ1) is 38.0. The molecule has 2 aliphatic heterocycles. The third kappa shape index (κ3) is 8.69. The zero-order chi connectivity index (χ0) is 35.6. The first-order valence-electron chi connectivity index (χ1n) is 17.9. The summed E-state index contributed by atoms with van der Waals surface area (Å²) in [5.41, 5.74) is 5.01. The molecule has 3 atom stereocenters. The van der Waals surface area contributed by atoms with Crippen molar-refractivity contribution < 1.29 is 14.2 Å². The average Bonchev–Trinajstić information content (AvgIpc) is 3.76. The van der Waals surface area contributed by atoms with E-state index in [1.807, 2.05) is 90.9 Å². The van der Waals surface area contributed by atoms with Crippen LogP contribution in [0.15, 0.2) is 77.9 Å². The molecular formula is C39H54ClN5O4. The van der Waals surface area contributed by atoms with Gasteiger partial charge < -0.3 is 24.0 Å². The molecule has 10 heteroatoms. The van der Waals surface area contributed by atoms with Gasteiger partial charge in [0.05, 0.1) is 18.3 Å². The van der Waals surface area contributed by atoms with Crippen molar-refractivity contribution in [3.63, 3.8) is 0 Å². The van der Waals surface area contributed by atoms with Crippen molar-refractivity contribution in [3.8, 4) is 11.4 Å². The fourth-order valence-corrected chi connectivity index (χ4v) is 6.43. The Bertz CT molecular complexity index is 1650. The number of rotatable bonds is 10. The van der Waals surface area contributed by atoms with Gasteiger partial charge >= 0.3 is 5.69 Å². The van der Waals surface area contributed by atoms with Gasteiger partial charge in [0.1, 0.15) is 24.8 Å². The van der Waals surface area contributed by atoms with Crippen LogP contribution < -0.4 is 20.2 Å². The van der Waals surface area contributed by atoms with Gasteiger partial charge in [-0.3, -0.25) is 0 Å². The van der Waals surface area contributed by atoms with Crippen LogP contribution in [0.25, 0.3) is 5.69 Å². The lowest BCUT2D eigenvalue weighted by atomic mass is 10.0. The molecule has 0 amide bonds. The summed E-state index contributed by atoms with van der Waals surface area (Å²) < 4.78 is 21.8. The minimum absolute atomic E-state index is 0.0754. The quantitative estimate of drug-likeness (QED) is 0.165. The highest BCUT2D eigenvalue weighted by Crippen LogP contribution is 2.41. The molecule has 0 bridgehead atoms. The van der Waals surface area contributed by atoms with Crippen LogP contribution >= 0.6 is 11.6 Å². The van der Waals surface area contributed by atoms with Crippen LogP contribution in [0.1, 0.15) is 78.5 Å². The summed E-state index contributed by atoms with van der Waals surface area (Å²) in [5.74, 6) is -0.0406. The Labute approximate surface area is 297 Å². The fraction of sp³-hybridized carbons (Fsp3) is 0.487. The Hall–Kier alpha value is -3.79. The topological polar surface area (TPSA) is 74.0 Å². The van der Waals surface area contributed by atoms with Crippen molar-refractivity contribution in [2.75, 3.05) is 49.2 Å². The summed E-state index contributed by atoms with van der Waals surface area (Å²) in [6.07, 6.45) is 2.94. The second-order valence-corrected chi connectivity index (χ2v) is 12.3. The Morgan fingerprint density at radius 2 is 1.47 bits per heavy atom.